The minimum absolute atomic E-state index is 0.122. The molecule has 31 heavy (non-hydrogen) atoms. The highest BCUT2D eigenvalue weighted by Gasteiger charge is 2.31. The van der Waals surface area contributed by atoms with Gasteiger partial charge in [-0.15, -0.1) is 0 Å². The Morgan fingerprint density at radius 2 is 1.77 bits per heavy atom. The summed E-state index contributed by atoms with van der Waals surface area (Å²) >= 11 is 5.73. The number of hydrogen-bond donors (Lipinski definition) is 1. The number of amides is 1. The van der Waals surface area contributed by atoms with E-state index in [0.717, 1.165) is 6.42 Å². The molecule has 2 aromatic rings. The lowest BCUT2D eigenvalue weighted by Crippen LogP contribution is -2.42. The number of carbonyl (C=O) groups excluding carboxylic acids is 2. The van der Waals surface area contributed by atoms with Crippen molar-refractivity contribution < 1.29 is 22.7 Å². The number of sulfonamides is 1. The van der Waals surface area contributed by atoms with Crippen LogP contribution in [0.25, 0.3) is 0 Å². The summed E-state index contributed by atoms with van der Waals surface area (Å²) in [5, 5.41) is 2.91. The first-order chi connectivity index (χ1) is 14.6. The number of anilines is 1. The van der Waals surface area contributed by atoms with Crippen LogP contribution in [0.2, 0.25) is 5.02 Å². The van der Waals surface area contributed by atoms with Gasteiger partial charge in [-0.25, -0.2) is 18.2 Å². The van der Waals surface area contributed by atoms with E-state index in [9.17, 15) is 18.0 Å². The second kappa shape index (κ2) is 9.76. The van der Waals surface area contributed by atoms with E-state index in [2.05, 4.69) is 10.3 Å². The number of ether oxygens (including phenoxy) is 1. The van der Waals surface area contributed by atoms with Gasteiger partial charge in [0.25, 0.3) is 5.91 Å². The van der Waals surface area contributed by atoms with Gasteiger partial charge >= 0.3 is 5.97 Å². The van der Waals surface area contributed by atoms with Crippen LogP contribution >= 0.6 is 11.6 Å². The molecule has 1 aliphatic rings. The average molecular weight is 466 g/mol. The second-order valence-corrected chi connectivity index (χ2v) is 10.2. The molecule has 1 saturated heterocycles. The number of nitrogens with zero attached hydrogens (tertiary/aromatic N) is 2. The van der Waals surface area contributed by atoms with Gasteiger partial charge < -0.3 is 10.1 Å². The van der Waals surface area contributed by atoms with E-state index in [1.165, 1.54) is 40.8 Å². The second-order valence-electron chi connectivity index (χ2n) is 7.78. The van der Waals surface area contributed by atoms with Gasteiger partial charge in [-0.2, -0.15) is 4.31 Å². The number of halogens is 1. The Labute approximate surface area is 186 Å². The summed E-state index contributed by atoms with van der Waals surface area (Å²) in [6.07, 6.45) is 2.38. The van der Waals surface area contributed by atoms with Gasteiger partial charge in [-0.3, -0.25) is 4.79 Å². The Kier molecular flexibility index (Phi) is 7.30. The summed E-state index contributed by atoms with van der Waals surface area (Å²) in [5.41, 5.74) is 0.150. The molecule has 1 aliphatic heterocycles. The van der Waals surface area contributed by atoms with E-state index in [4.69, 9.17) is 16.3 Å². The van der Waals surface area contributed by atoms with E-state index >= 15 is 0 Å². The molecule has 3 rings (SSSR count). The molecule has 0 spiro atoms. The maximum absolute atomic E-state index is 12.9. The number of aromatic nitrogens is 1. The van der Waals surface area contributed by atoms with Crippen LogP contribution in [-0.4, -0.2) is 49.3 Å². The number of esters is 1. The molecular weight excluding hydrogens is 442 g/mol. The van der Waals surface area contributed by atoms with E-state index < -0.39 is 28.5 Å². The molecule has 1 aromatic heterocycles. The fraction of sp³-hybridized carbons (Fsp3) is 0.381. The maximum Gasteiger partial charge on any atom is 0.338 e. The van der Waals surface area contributed by atoms with Crippen molar-refractivity contribution in [3.05, 3.63) is 53.2 Å². The summed E-state index contributed by atoms with van der Waals surface area (Å²) in [4.78, 5) is 28.1. The van der Waals surface area contributed by atoms with Gasteiger partial charge in [0.1, 0.15) is 5.82 Å². The van der Waals surface area contributed by atoms with Crippen molar-refractivity contribution in [1.29, 1.82) is 0 Å². The molecule has 1 fully saturated rings. The summed E-state index contributed by atoms with van der Waals surface area (Å²) in [6.45, 7) is 4.53. The van der Waals surface area contributed by atoms with Crippen molar-refractivity contribution in [3.8, 4) is 0 Å². The summed E-state index contributed by atoms with van der Waals surface area (Å²) in [5.74, 6) is -0.426. The Morgan fingerprint density at radius 3 is 2.35 bits per heavy atom. The van der Waals surface area contributed by atoms with E-state index in [1.807, 2.05) is 13.8 Å². The van der Waals surface area contributed by atoms with E-state index in [0.29, 0.717) is 29.9 Å². The van der Waals surface area contributed by atoms with Crippen molar-refractivity contribution in [1.82, 2.24) is 9.29 Å². The van der Waals surface area contributed by atoms with E-state index in [-0.39, 0.29) is 16.3 Å². The normalized spacial score (nSPS) is 19.6. The molecule has 2 heterocycles. The van der Waals surface area contributed by atoms with Gasteiger partial charge in [-0.1, -0.05) is 25.4 Å². The molecular formula is C21H24ClN3O5S. The van der Waals surface area contributed by atoms with Gasteiger partial charge in [0.05, 0.1) is 15.5 Å². The fourth-order valence-corrected chi connectivity index (χ4v) is 5.35. The minimum atomic E-state index is -3.63. The molecule has 1 amide bonds. The standard InChI is InChI=1S/C21H24ClN3O5S/c1-14-9-15(2)12-25(11-14)31(28,29)18-6-3-16(4-7-18)21(27)30-13-20(26)24-19-8-5-17(22)10-23-19/h3-8,10,14-15H,9,11-13H2,1-2H3,(H,23,24,26). The molecule has 8 nitrogen and oxygen atoms in total. The lowest BCUT2D eigenvalue weighted by atomic mass is 9.94. The minimum Gasteiger partial charge on any atom is -0.452 e. The van der Waals surface area contributed by atoms with Gasteiger partial charge in [0, 0.05) is 19.3 Å². The Bertz CT molecular complexity index is 1030. The molecule has 2 unspecified atom stereocenters. The average Bonchev–Trinajstić information content (AvgIpc) is 2.73. The molecule has 1 aromatic carbocycles. The number of rotatable bonds is 6. The largest absolute Gasteiger partial charge is 0.452 e. The van der Waals surface area contributed by atoms with Crippen LogP contribution < -0.4 is 5.32 Å². The first-order valence-electron chi connectivity index (χ1n) is 9.84. The Balaban J connectivity index is 1.58. The van der Waals surface area contributed by atoms with Crippen LogP contribution in [0.4, 0.5) is 5.82 Å². The third-order valence-corrected chi connectivity index (χ3v) is 6.96. The summed E-state index contributed by atoms with van der Waals surface area (Å²) < 4.78 is 32.3. The smallest absolute Gasteiger partial charge is 0.338 e. The highest BCUT2D eigenvalue weighted by Crippen LogP contribution is 2.26. The monoisotopic (exact) mass is 465 g/mol. The van der Waals surface area contributed by atoms with Crippen LogP contribution in [0.15, 0.2) is 47.5 Å². The maximum atomic E-state index is 12.9. The zero-order valence-corrected chi connectivity index (χ0v) is 18.8. The molecule has 0 radical (unpaired) electrons. The van der Waals surface area contributed by atoms with Crippen molar-refractivity contribution in [2.45, 2.75) is 25.2 Å². The summed E-state index contributed by atoms with van der Waals surface area (Å²) in [6, 6.07) is 8.61. The Morgan fingerprint density at radius 1 is 1.13 bits per heavy atom. The first kappa shape index (κ1) is 23.2. The zero-order chi connectivity index (χ0) is 22.6. The van der Waals surface area contributed by atoms with Crippen molar-refractivity contribution in [3.63, 3.8) is 0 Å². The van der Waals surface area contributed by atoms with Crippen LogP contribution in [0.3, 0.4) is 0 Å². The molecule has 166 valence electrons. The van der Waals surface area contributed by atoms with Crippen LogP contribution in [0.1, 0.15) is 30.6 Å². The van der Waals surface area contributed by atoms with Crippen molar-refractivity contribution in [2.75, 3.05) is 25.0 Å². The third kappa shape index (κ3) is 6.03. The topological polar surface area (TPSA) is 106 Å². The van der Waals surface area contributed by atoms with Crippen molar-refractivity contribution in [2.24, 2.45) is 11.8 Å². The highest BCUT2D eigenvalue weighted by atomic mass is 35.5. The third-order valence-electron chi connectivity index (χ3n) is 4.89. The van der Waals surface area contributed by atoms with Gasteiger partial charge in [-0.05, 0) is 54.7 Å². The quantitative estimate of drug-likeness (QED) is 0.656. The summed E-state index contributed by atoms with van der Waals surface area (Å²) in [7, 11) is -3.63. The number of piperidine rings is 1. The van der Waals surface area contributed by atoms with Crippen LogP contribution in [0, 0.1) is 11.8 Å². The number of hydrogen-bond acceptors (Lipinski definition) is 6. The van der Waals surface area contributed by atoms with Crippen molar-refractivity contribution >= 4 is 39.3 Å². The SMILES string of the molecule is CC1CC(C)CN(S(=O)(=O)c2ccc(C(=O)OCC(=O)Nc3ccc(Cl)cn3)cc2)C1. The van der Waals surface area contributed by atoms with Crippen LogP contribution in [0.5, 0.6) is 0 Å². The molecule has 0 saturated carbocycles. The van der Waals surface area contributed by atoms with Gasteiger partial charge in [0.2, 0.25) is 10.0 Å². The number of nitrogens with one attached hydrogen (secondary N) is 1. The van der Waals surface area contributed by atoms with Crippen LogP contribution in [-0.2, 0) is 19.6 Å². The molecule has 0 aliphatic carbocycles. The molecule has 2 atom stereocenters. The zero-order valence-electron chi connectivity index (χ0n) is 17.2. The number of carbonyl (C=O) groups is 2. The lowest BCUT2D eigenvalue weighted by molar-refractivity contribution is -0.119. The number of benzene rings is 1. The highest BCUT2D eigenvalue weighted by molar-refractivity contribution is 7.89. The fourth-order valence-electron chi connectivity index (χ4n) is 3.56. The van der Waals surface area contributed by atoms with E-state index in [1.54, 1.807) is 6.07 Å². The first-order valence-corrected chi connectivity index (χ1v) is 11.7. The molecule has 1 N–H and O–H groups in total. The number of pyridine rings is 1. The predicted molar refractivity (Wildman–Crippen MR) is 116 cm³/mol. The molecule has 10 heteroatoms. The Hall–Kier alpha value is -2.49. The predicted octanol–water partition coefficient (Wildman–Crippen LogP) is 3.20. The van der Waals surface area contributed by atoms with Gasteiger partial charge in [0.15, 0.2) is 6.61 Å². The lowest BCUT2D eigenvalue weighted by Gasteiger charge is -2.34. The molecule has 0 bridgehead atoms.